The van der Waals surface area contributed by atoms with Crippen molar-refractivity contribution < 1.29 is 4.42 Å². The molecule has 0 aliphatic heterocycles. The molecule has 0 bridgehead atoms. The fourth-order valence-electron chi connectivity index (χ4n) is 0.698. The fourth-order valence-corrected chi connectivity index (χ4v) is 0.698. The van der Waals surface area contributed by atoms with Gasteiger partial charge in [0.05, 0.1) is 5.39 Å². The molecule has 0 aliphatic rings. The molecule has 0 saturated carbocycles. The van der Waals surface area contributed by atoms with Crippen LogP contribution in [-0.4, -0.2) is 4.98 Å². The predicted octanol–water partition coefficient (Wildman–Crippen LogP) is 1.43. The largest absolute Gasteiger partial charge is 0.446 e. The van der Waals surface area contributed by atoms with Crippen LogP contribution in [0.4, 0.5) is 0 Å². The second kappa shape index (κ2) is 1.58. The Bertz CT molecular complexity index is 283. The Morgan fingerprint density at radius 2 is 2.44 bits per heavy atom. The van der Waals surface area contributed by atoms with E-state index in [9.17, 15) is 0 Å². The Morgan fingerprint density at radius 1 is 1.44 bits per heavy atom. The summed E-state index contributed by atoms with van der Waals surface area (Å²) < 4.78 is 4.65. The Morgan fingerprint density at radius 3 is 3.33 bits per heavy atom. The standard InChI is InChI=1S/C7H3NO/c1-2-6-4-9-5-7(6)8-3-1/h1-3H. The van der Waals surface area contributed by atoms with E-state index in [1.807, 2.05) is 12.1 Å². The minimum absolute atomic E-state index is 0.734. The van der Waals surface area contributed by atoms with Gasteiger partial charge in [0.25, 0.3) is 0 Å². The molecule has 0 unspecified atom stereocenters. The van der Waals surface area contributed by atoms with Gasteiger partial charge in [0.15, 0.2) is 12.5 Å². The Labute approximate surface area is 52.1 Å². The van der Waals surface area contributed by atoms with Crippen molar-refractivity contribution >= 4 is 10.9 Å². The van der Waals surface area contributed by atoms with Crippen molar-refractivity contribution in [3.8, 4) is 0 Å². The summed E-state index contributed by atoms with van der Waals surface area (Å²) in [5, 5.41) is 0.873. The van der Waals surface area contributed by atoms with E-state index in [4.69, 9.17) is 0 Å². The van der Waals surface area contributed by atoms with Crippen molar-refractivity contribution in [1.82, 2.24) is 4.98 Å². The highest BCUT2D eigenvalue weighted by atomic mass is 16.3. The van der Waals surface area contributed by atoms with Crippen molar-refractivity contribution in [3.05, 3.63) is 30.9 Å². The van der Waals surface area contributed by atoms with Crippen molar-refractivity contribution in [1.29, 1.82) is 0 Å². The first-order valence-electron chi connectivity index (χ1n) is 2.60. The maximum absolute atomic E-state index is 4.65. The van der Waals surface area contributed by atoms with Gasteiger partial charge < -0.3 is 4.42 Å². The van der Waals surface area contributed by atoms with E-state index in [0.29, 0.717) is 0 Å². The van der Waals surface area contributed by atoms with E-state index in [0.717, 1.165) is 10.9 Å². The average molecular weight is 117 g/mol. The van der Waals surface area contributed by atoms with Gasteiger partial charge in [-0.1, -0.05) is 0 Å². The van der Waals surface area contributed by atoms with Gasteiger partial charge in [-0.3, -0.25) is 4.98 Å². The molecular weight excluding hydrogens is 114 g/mol. The molecule has 0 fully saturated rings. The highest BCUT2D eigenvalue weighted by molar-refractivity contribution is 5.74. The van der Waals surface area contributed by atoms with E-state index in [1.165, 1.54) is 0 Å². The Hall–Kier alpha value is -1.31. The molecular formula is C7H3NO. The number of hydrogen-bond donors (Lipinski definition) is 0. The number of furan rings is 1. The summed E-state index contributed by atoms with van der Waals surface area (Å²) >= 11 is 0. The zero-order valence-electron chi connectivity index (χ0n) is 4.59. The molecule has 2 aromatic heterocycles. The summed E-state index contributed by atoms with van der Waals surface area (Å²) in [5.41, 5.74) is 0.734. The zero-order valence-corrected chi connectivity index (χ0v) is 4.59. The Balaban J connectivity index is 2.95. The monoisotopic (exact) mass is 117 g/mol. The summed E-state index contributed by atoms with van der Waals surface area (Å²) in [5.74, 6) is 0. The van der Waals surface area contributed by atoms with Crippen LogP contribution in [0.15, 0.2) is 22.7 Å². The van der Waals surface area contributed by atoms with Gasteiger partial charge in [0.1, 0.15) is 5.52 Å². The molecule has 2 heterocycles. The first-order chi connectivity index (χ1) is 4.47. The maximum Gasteiger partial charge on any atom is 0.198 e. The van der Waals surface area contributed by atoms with E-state index in [-0.39, 0.29) is 0 Å². The molecule has 9 heavy (non-hydrogen) atoms. The normalized spacial score (nSPS) is 10.2. The number of hydrogen-bond acceptors (Lipinski definition) is 2. The highest BCUT2D eigenvalue weighted by Crippen LogP contribution is 2.07. The van der Waals surface area contributed by atoms with Gasteiger partial charge in [-0.05, 0) is 12.1 Å². The summed E-state index contributed by atoms with van der Waals surface area (Å²) in [6.45, 7) is 0. The third-order valence-corrected chi connectivity index (χ3v) is 1.12. The van der Waals surface area contributed by atoms with Crippen molar-refractivity contribution in [2.45, 2.75) is 0 Å². The molecule has 0 aromatic carbocycles. The van der Waals surface area contributed by atoms with Crippen LogP contribution in [0.3, 0.4) is 0 Å². The average Bonchev–Trinajstić information content (AvgIpc) is 2.33. The van der Waals surface area contributed by atoms with E-state index >= 15 is 0 Å². The fraction of sp³-hybridized carbons (Fsp3) is 0. The van der Waals surface area contributed by atoms with E-state index < -0.39 is 0 Å². The van der Waals surface area contributed by atoms with E-state index in [2.05, 4.69) is 21.9 Å². The number of pyridine rings is 1. The molecule has 2 heteroatoms. The highest BCUT2D eigenvalue weighted by Gasteiger charge is 1.93. The van der Waals surface area contributed by atoms with Crippen LogP contribution in [0.5, 0.6) is 0 Å². The van der Waals surface area contributed by atoms with E-state index in [1.54, 1.807) is 6.20 Å². The molecule has 2 nitrogen and oxygen atoms in total. The second-order valence-corrected chi connectivity index (χ2v) is 1.71. The lowest BCUT2D eigenvalue weighted by molar-refractivity contribution is 0.554. The van der Waals surface area contributed by atoms with Gasteiger partial charge in [0.2, 0.25) is 0 Å². The minimum Gasteiger partial charge on any atom is -0.446 e. The molecule has 0 N–H and O–H groups in total. The van der Waals surface area contributed by atoms with Gasteiger partial charge in [-0.25, -0.2) is 0 Å². The molecule has 42 valence electrons. The quantitative estimate of drug-likeness (QED) is 0.521. The van der Waals surface area contributed by atoms with Gasteiger partial charge >= 0.3 is 0 Å². The predicted molar refractivity (Wildman–Crippen MR) is 31.7 cm³/mol. The molecule has 0 amide bonds. The van der Waals surface area contributed by atoms with Crippen LogP contribution < -0.4 is 0 Å². The van der Waals surface area contributed by atoms with Gasteiger partial charge in [-0.2, -0.15) is 0 Å². The smallest absolute Gasteiger partial charge is 0.198 e. The van der Waals surface area contributed by atoms with Gasteiger partial charge in [-0.15, -0.1) is 0 Å². The SMILES string of the molecule is [c]1o[c]c2ncccc12. The first kappa shape index (κ1) is 4.56. The van der Waals surface area contributed by atoms with Crippen LogP contribution in [0, 0.1) is 12.5 Å². The topological polar surface area (TPSA) is 26.0 Å². The summed E-state index contributed by atoms with van der Waals surface area (Å²) in [4.78, 5) is 3.96. The van der Waals surface area contributed by atoms with Crippen molar-refractivity contribution in [3.63, 3.8) is 0 Å². The van der Waals surface area contributed by atoms with Crippen LogP contribution in [0.25, 0.3) is 10.9 Å². The van der Waals surface area contributed by atoms with Crippen LogP contribution >= 0.6 is 0 Å². The van der Waals surface area contributed by atoms with Crippen molar-refractivity contribution in [2.75, 3.05) is 0 Å². The summed E-state index contributed by atoms with van der Waals surface area (Å²) in [6.07, 6.45) is 6.90. The molecule has 0 spiro atoms. The number of nitrogens with zero attached hydrogens (tertiary/aromatic N) is 1. The molecule has 0 aliphatic carbocycles. The molecule has 0 atom stereocenters. The lowest BCUT2D eigenvalue weighted by Crippen LogP contribution is -1.67. The number of rotatable bonds is 0. The van der Waals surface area contributed by atoms with Crippen LogP contribution in [0.1, 0.15) is 0 Å². The molecule has 2 aromatic rings. The van der Waals surface area contributed by atoms with Crippen LogP contribution in [-0.2, 0) is 0 Å². The summed E-state index contributed by atoms with van der Waals surface area (Å²) in [6, 6.07) is 3.71. The minimum atomic E-state index is 0.734. The third kappa shape index (κ3) is 0.598. The lowest BCUT2D eigenvalue weighted by atomic mass is 10.3. The lowest BCUT2D eigenvalue weighted by Gasteiger charge is -1.78. The molecule has 0 saturated heterocycles. The van der Waals surface area contributed by atoms with Crippen molar-refractivity contribution in [2.24, 2.45) is 0 Å². The molecule has 2 radical (unpaired) electrons. The molecule has 2 rings (SSSR count). The number of fused-ring (bicyclic) bond motifs is 1. The second-order valence-electron chi connectivity index (χ2n) is 1.71. The van der Waals surface area contributed by atoms with Crippen LogP contribution in [0.2, 0.25) is 0 Å². The number of aromatic nitrogens is 1. The maximum atomic E-state index is 4.65. The Kier molecular flexibility index (Phi) is 0.803. The van der Waals surface area contributed by atoms with Gasteiger partial charge in [0, 0.05) is 6.20 Å². The zero-order chi connectivity index (χ0) is 6.10. The summed E-state index contributed by atoms with van der Waals surface area (Å²) in [7, 11) is 0. The first-order valence-corrected chi connectivity index (χ1v) is 2.60. The third-order valence-electron chi connectivity index (χ3n) is 1.12.